The highest BCUT2D eigenvalue weighted by Gasteiger charge is 2.23. The summed E-state index contributed by atoms with van der Waals surface area (Å²) < 4.78 is 2.49. The Morgan fingerprint density at radius 3 is 3.24 bits per heavy atom. The summed E-state index contributed by atoms with van der Waals surface area (Å²) in [6.45, 7) is 3.21. The lowest BCUT2D eigenvalue weighted by atomic mass is 10.2. The number of aromatic nitrogens is 3. The molecule has 2 rings (SSSR count). The van der Waals surface area contributed by atoms with Crippen LogP contribution in [0.3, 0.4) is 0 Å². The van der Waals surface area contributed by atoms with E-state index in [0.29, 0.717) is 11.3 Å². The van der Waals surface area contributed by atoms with Crippen LogP contribution in [0.4, 0.5) is 0 Å². The SMILES string of the molecule is CCn1c(CNC(=O)[C@@H]2CCCS2)n[nH]c1=S. The van der Waals surface area contributed by atoms with Gasteiger partial charge >= 0.3 is 0 Å². The van der Waals surface area contributed by atoms with Crippen molar-refractivity contribution in [3.63, 3.8) is 0 Å². The number of nitrogens with zero attached hydrogens (tertiary/aromatic N) is 2. The Bertz CT molecular complexity index is 447. The summed E-state index contributed by atoms with van der Waals surface area (Å²) in [7, 11) is 0. The van der Waals surface area contributed by atoms with Crippen molar-refractivity contribution in [2.24, 2.45) is 0 Å². The van der Waals surface area contributed by atoms with Crippen LogP contribution in [0.5, 0.6) is 0 Å². The first kappa shape index (κ1) is 12.6. The minimum atomic E-state index is 0.115. The molecule has 17 heavy (non-hydrogen) atoms. The summed E-state index contributed by atoms with van der Waals surface area (Å²) in [6, 6.07) is 0. The number of aromatic amines is 1. The van der Waals surface area contributed by atoms with Crippen molar-refractivity contribution in [2.75, 3.05) is 5.75 Å². The minimum absolute atomic E-state index is 0.115. The highest BCUT2D eigenvalue weighted by molar-refractivity contribution is 8.00. The van der Waals surface area contributed by atoms with Crippen LogP contribution in [0.25, 0.3) is 0 Å². The smallest absolute Gasteiger partial charge is 0.233 e. The Balaban J connectivity index is 1.92. The van der Waals surface area contributed by atoms with Crippen LogP contribution in [0.2, 0.25) is 0 Å². The van der Waals surface area contributed by atoms with E-state index in [1.165, 1.54) is 0 Å². The number of H-pyrrole nitrogens is 1. The molecule has 0 saturated carbocycles. The van der Waals surface area contributed by atoms with E-state index in [-0.39, 0.29) is 11.2 Å². The molecule has 0 radical (unpaired) electrons. The number of carbonyl (C=O) groups excluding carboxylic acids is 1. The number of thioether (sulfide) groups is 1. The molecule has 1 amide bonds. The molecule has 0 unspecified atom stereocenters. The second-order valence-corrected chi connectivity index (χ2v) is 5.61. The Morgan fingerprint density at radius 1 is 1.76 bits per heavy atom. The van der Waals surface area contributed by atoms with E-state index in [4.69, 9.17) is 12.2 Å². The number of amides is 1. The molecule has 1 aromatic heterocycles. The molecule has 1 aliphatic heterocycles. The summed E-state index contributed by atoms with van der Waals surface area (Å²) in [5, 5.41) is 9.89. The molecular formula is C10H16N4OS2. The first-order valence-electron chi connectivity index (χ1n) is 5.75. The quantitative estimate of drug-likeness (QED) is 0.815. The Kier molecular flexibility index (Phi) is 4.22. The maximum absolute atomic E-state index is 11.8. The fourth-order valence-corrected chi connectivity index (χ4v) is 3.34. The minimum Gasteiger partial charge on any atom is -0.348 e. The van der Waals surface area contributed by atoms with Crippen LogP contribution in [0.15, 0.2) is 0 Å². The largest absolute Gasteiger partial charge is 0.348 e. The number of carbonyl (C=O) groups is 1. The van der Waals surface area contributed by atoms with Gasteiger partial charge in [0.2, 0.25) is 5.91 Å². The zero-order valence-electron chi connectivity index (χ0n) is 9.73. The van der Waals surface area contributed by atoms with Gasteiger partial charge in [-0.2, -0.15) is 5.10 Å². The van der Waals surface area contributed by atoms with E-state index in [9.17, 15) is 4.79 Å². The summed E-state index contributed by atoms with van der Waals surface area (Å²) in [4.78, 5) is 11.8. The van der Waals surface area contributed by atoms with Crippen LogP contribution in [-0.4, -0.2) is 31.7 Å². The molecule has 0 bridgehead atoms. The predicted octanol–water partition coefficient (Wildman–Crippen LogP) is 1.47. The van der Waals surface area contributed by atoms with E-state index in [1.807, 2.05) is 11.5 Å². The Morgan fingerprint density at radius 2 is 2.59 bits per heavy atom. The Labute approximate surface area is 109 Å². The van der Waals surface area contributed by atoms with Gasteiger partial charge in [0.25, 0.3) is 0 Å². The number of hydrogen-bond donors (Lipinski definition) is 2. The van der Waals surface area contributed by atoms with Gasteiger partial charge in [-0.3, -0.25) is 9.89 Å². The highest BCUT2D eigenvalue weighted by Crippen LogP contribution is 2.25. The number of nitrogens with one attached hydrogen (secondary N) is 2. The third kappa shape index (κ3) is 2.90. The summed E-state index contributed by atoms with van der Waals surface area (Å²) in [6.07, 6.45) is 2.12. The van der Waals surface area contributed by atoms with Gasteiger partial charge in [0.1, 0.15) is 0 Å². The van der Waals surface area contributed by atoms with E-state index in [0.717, 1.165) is 31.0 Å². The molecule has 1 atom stereocenters. The monoisotopic (exact) mass is 272 g/mol. The molecule has 1 aromatic rings. The van der Waals surface area contributed by atoms with Crippen LogP contribution < -0.4 is 5.32 Å². The summed E-state index contributed by atoms with van der Waals surface area (Å²) in [5.41, 5.74) is 0. The molecule has 1 aliphatic rings. The van der Waals surface area contributed by atoms with Crippen molar-refractivity contribution in [2.45, 2.75) is 38.1 Å². The maximum atomic E-state index is 11.8. The molecule has 0 spiro atoms. The first-order chi connectivity index (χ1) is 8.22. The van der Waals surface area contributed by atoms with Crippen LogP contribution in [-0.2, 0) is 17.9 Å². The van der Waals surface area contributed by atoms with Gasteiger partial charge in [-0.05, 0) is 37.7 Å². The zero-order valence-corrected chi connectivity index (χ0v) is 11.4. The van der Waals surface area contributed by atoms with Crippen LogP contribution >= 0.6 is 24.0 Å². The normalized spacial score (nSPS) is 19.5. The van der Waals surface area contributed by atoms with Crippen molar-refractivity contribution in [1.82, 2.24) is 20.1 Å². The van der Waals surface area contributed by atoms with E-state index in [1.54, 1.807) is 11.8 Å². The fourth-order valence-electron chi connectivity index (χ4n) is 1.88. The average Bonchev–Trinajstić information content (AvgIpc) is 2.95. The second kappa shape index (κ2) is 5.68. The molecule has 1 fully saturated rings. The van der Waals surface area contributed by atoms with Gasteiger partial charge in [-0.25, -0.2) is 0 Å². The van der Waals surface area contributed by atoms with E-state index in [2.05, 4.69) is 15.5 Å². The van der Waals surface area contributed by atoms with Gasteiger partial charge in [0.05, 0.1) is 11.8 Å². The molecular weight excluding hydrogens is 256 g/mol. The molecule has 0 aromatic carbocycles. The lowest BCUT2D eigenvalue weighted by Crippen LogP contribution is -2.31. The van der Waals surface area contributed by atoms with Crippen molar-refractivity contribution in [3.8, 4) is 0 Å². The Hall–Kier alpha value is -0.820. The maximum Gasteiger partial charge on any atom is 0.233 e. The molecule has 94 valence electrons. The van der Waals surface area contributed by atoms with Gasteiger partial charge in [0.15, 0.2) is 10.6 Å². The topological polar surface area (TPSA) is 62.7 Å². The molecule has 5 nitrogen and oxygen atoms in total. The van der Waals surface area contributed by atoms with Crippen molar-refractivity contribution in [1.29, 1.82) is 0 Å². The van der Waals surface area contributed by atoms with Crippen LogP contribution in [0.1, 0.15) is 25.6 Å². The van der Waals surface area contributed by atoms with Gasteiger partial charge in [0, 0.05) is 6.54 Å². The van der Waals surface area contributed by atoms with Gasteiger partial charge < -0.3 is 9.88 Å². The lowest BCUT2D eigenvalue weighted by Gasteiger charge is -2.09. The third-order valence-corrected chi connectivity index (χ3v) is 4.48. The summed E-state index contributed by atoms with van der Waals surface area (Å²) >= 11 is 6.82. The predicted molar refractivity (Wildman–Crippen MR) is 70.4 cm³/mol. The van der Waals surface area contributed by atoms with E-state index >= 15 is 0 Å². The number of rotatable bonds is 4. The zero-order chi connectivity index (χ0) is 12.3. The van der Waals surface area contributed by atoms with Gasteiger partial charge in [-0.1, -0.05) is 0 Å². The summed E-state index contributed by atoms with van der Waals surface area (Å²) in [5.74, 6) is 1.99. The van der Waals surface area contributed by atoms with Crippen molar-refractivity contribution < 1.29 is 4.79 Å². The van der Waals surface area contributed by atoms with Gasteiger partial charge in [-0.15, -0.1) is 11.8 Å². The average molecular weight is 272 g/mol. The molecule has 2 N–H and O–H groups in total. The first-order valence-corrected chi connectivity index (χ1v) is 7.21. The number of hydrogen-bond acceptors (Lipinski definition) is 4. The molecule has 1 saturated heterocycles. The van der Waals surface area contributed by atoms with Crippen LogP contribution in [0, 0.1) is 4.77 Å². The molecule has 2 heterocycles. The second-order valence-electron chi connectivity index (χ2n) is 3.91. The molecule has 7 heteroatoms. The fraction of sp³-hybridized carbons (Fsp3) is 0.700. The lowest BCUT2D eigenvalue weighted by molar-refractivity contribution is -0.120. The standard InChI is InChI=1S/C10H16N4OS2/c1-2-14-8(12-13-10(14)16)6-11-9(15)7-4-3-5-17-7/h7H,2-6H2,1H3,(H,11,15)(H,13,16)/t7-/m0/s1. The van der Waals surface area contributed by atoms with E-state index < -0.39 is 0 Å². The molecule has 0 aliphatic carbocycles. The highest BCUT2D eigenvalue weighted by atomic mass is 32.2. The third-order valence-electron chi connectivity index (χ3n) is 2.80. The van der Waals surface area contributed by atoms with Crippen molar-refractivity contribution in [3.05, 3.63) is 10.6 Å². The van der Waals surface area contributed by atoms with Crippen molar-refractivity contribution >= 4 is 29.9 Å².